The Morgan fingerprint density at radius 3 is 2.84 bits per heavy atom. The Labute approximate surface area is 114 Å². The zero-order chi connectivity index (χ0) is 13.8. The molecule has 0 aromatic carbocycles. The molecule has 0 bridgehead atoms. The van der Waals surface area contributed by atoms with Crippen molar-refractivity contribution < 1.29 is 4.79 Å². The number of nitrogens with zero attached hydrogens (tertiary/aromatic N) is 3. The molecule has 0 saturated carbocycles. The number of pyridine rings is 1. The fraction of sp³-hybridized carbons (Fsp3) is 0.571. The fourth-order valence-electron chi connectivity index (χ4n) is 2.36. The normalized spacial score (nSPS) is 19.3. The van der Waals surface area contributed by atoms with Crippen LogP contribution in [0.5, 0.6) is 0 Å². The van der Waals surface area contributed by atoms with Gasteiger partial charge < -0.3 is 15.1 Å². The van der Waals surface area contributed by atoms with E-state index in [1.807, 2.05) is 43.1 Å². The van der Waals surface area contributed by atoms with E-state index in [0.717, 1.165) is 31.7 Å². The minimum absolute atomic E-state index is 0.0813. The third kappa shape index (κ3) is 3.23. The van der Waals surface area contributed by atoms with Gasteiger partial charge in [-0.25, -0.2) is 4.98 Å². The van der Waals surface area contributed by atoms with Crippen molar-refractivity contribution in [3.05, 3.63) is 23.9 Å². The number of likely N-dealkylation sites (N-methyl/N-ethyl adjacent to an activating group) is 1. The number of rotatable bonds is 3. The van der Waals surface area contributed by atoms with Crippen LogP contribution in [-0.2, 0) is 0 Å². The van der Waals surface area contributed by atoms with Crippen molar-refractivity contribution in [2.45, 2.75) is 18.9 Å². The molecule has 104 valence electrons. The number of hydrogen-bond acceptors (Lipinski definition) is 4. The molecule has 0 spiro atoms. The van der Waals surface area contributed by atoms with Gasteiger partial charge in [0.05, 0.1) is 5.56 Å². The van der Waals surface area contributed by atoms with Gasteiger partial charge in [-0.2, -0.15) is 0 Å². The van der Waals surface area contributed by atoms with E-state index in [1.54, 1.807) is 6.20 Å². The number of likely N-dealkylation sites (tertiary alicyclic amines) is 1. The third-order valence-corrected chi connectivity index (χ3v) is 3.57. The molecule has 1 aromatic heterocycles. The fourth-order valence-corrected chi connectivity index (χ4v) is 2.36. The van der Waals surface area contributed by atoms with E-state index in [9.17, 15) is 4.79 Å². The lowest BCUT2D eigenvalue weighted by molar-refractivity contribution is 0.0698. The molecule has 1 saturated heterocycles. The molecule has 1 aliphatic rings. The number of carbonyl (C=O) groups excluding carboxylic acids is 1. The molecule has 1 aromatic rings. The molecule has 5 heteroatoms. The lowest BCUT2D eigenvalue weighted by Crippen LogP contribution is -2.46. The monoisotopic (exact) mass is 262 g/mol. The number of aromatic nitrogens is 1. The van der Waals surface area contributed by atoms with Crippen molar-refractivity contribution in [1.82, 2.24) is 15.2 Å². The van der Waals surface area contributed by atoms with Gasteiger partial charge in [0.15, 0.2) is 0 Å². The summed E-state index contributed by atoms with van der Waals surface area (Å²) in [6.07, 6.45) is 3.86. The van der Waals surface area contributed by atoms with Gasteiger partial charge in [-0.15, -0.1) is 0 Å². The van der Waals surface area contributed by atoms with Gasteiger partial charge in [-0.05, 0) is 32.0 Å². The summed E-state index contributed by atoms with van der Waals surface area (Å²) in [4.78, 5) is 20.5. The first-order valence-corrected chi connectivity index (χ1v) is 6.71. The molecular weight excluding hydrogens is 240 g/mol. The molecule has 2 rings (SSSR count). The first-order chi connectivity index (χ1) is 9.11. The second-order valence-electron chi connectivity index (χ2n) is 5.18. The molecule has 0 radical (unpaired) electrons. The highest BCUT2D eigenvalue weighted by Gasteiger charge is 2.23. The largest absolute Gasteiger partial charge is 0.363 e. The van der Waals surface area contributed by atoms with Crippen LogP contribution >= 0.6 is 0 Å². The van der Waals surface area contributed by atoms with Crippen LogP contribution in [0, 0.1) is 0 Å². The maximum Gasteiger partial charge on any atom is 0.255 e. The summed E-state index contributed by atoms with van der Waals surface area (Å²) in [5.74, 6) is 0.945. The van der Waals surface area contributed by atoms with Crippen molar-refractivity contribution in [1.29, 1.82) is 0 Å². The highest BCUT2D eigenvalue weighted by molar-refractivity contribution is 5.94. The summed E-state index contributed by atoms with van der Waals surface area (Å²) in [6, 6.07) is 4.15. The second kappa shape index (κ2) is 6.02. The van der Waals surface area contributed by atoms with Crippen molar-refractivity contribution >= 4 is 11.7 Å². The van der Waals surface area contributed by atoms with Crippen LogP contribution in [0.15, 0.2) is 18.3 Å². The number of hydrogen-bond donors (Lipinski definition) is 1. The maximum atomic E-state index is 12.4. The smallest absolute Gasteiger partial charge is 0.255 e. The molecule has 0 unspecified atom stereocenters. The van der Waals surface area contributed by atoms with E-state index in [0.29, 0.717) is 11.6 Å². The quantitative estimate of drug-likeness (QED) is 0.882. The van der Waals surface area contributed by atoms with Crippen LogP contribution < -0.4 is 10.2 Å². The summed E-state index contributed by atoms with van der Waals surface area (Å²) >= 11 is 0. The first-order valence-electron chi connectivity index (χ1n) is 6.71. The SMILES string of the molecule is CN[C@H]1CCCN(C(=O)c2ccc(N(C)C)nc2)C1. The highest BCUT2D eigenvalue weighted by Crippen LogP contribution is 2.15. The number of carbonyl (C=O) groups is 1. The summed E-state index contributed by atoms with van der Waals surface area (Å²) in [5.41, 5.74) is 0.669. The first kappa shape index (κ1) is 13.8. The minimum Gasteiger partial charge on any atom is -0.363 e. The topological polar surface area (TPSA) is 48.5 Å². The molecular formula is C14H22N4O. The molecule has 1 N–H and O–H groups in total. The molecule has 1 fully saturated rings. The Morgan fingerprint density at radius 2 is 2.26 bits per heavy atom. The predicted molar refractivity (Wildman–Crippen MR) is 76.5 cm³/mol. The van der Waals surface area contributed by atoms with E-state index in [1.165, 1.54) is 0 Å². The summed E-state index contributed by atoms with van der Waals surface area (Å²) < 4.78 is 0. The van der Waals surface area contributed by atoms with E-state index in [2.05, 4.69) is 10.3 Å². The Kier molecular flexibility index (Phi) is 4.37. The number of nitrogens with one attached hydrogen (secondary N) is 1. The van der Waals surface area contributed by atoms with Gasteiger partial charge in [0.25, 0.3) is 5.91 Å². The zero-order valence-electron chi connectivity index (χ0n) is 11.9. The molecule has 1 aliphatic heterocycles. The summed E-state index contributed by atoms with van der Waals surface area (Å²) in [5, 5.41) is 3.25. The van der Waals surface area contributed by atoms with Gasteiger partial charge >= 0.3 is 0 Å². The van der Waals surface area contributed by atoms with Crippen molar-refractivity contribution in [3.63, 3.8) is 0 Å². The van der Waals surface area contributed by atoms with Crippen molar-refractivity contribution in [2.24, 2.45) is 0 Å². The molecule has 1 atom stereocenters. The summed E-state index contributed by atoms with van der Waals surface area (Å²) in [6.45, 7) is 1.62. The maximum absolute atomic E-state index is 12.4. The van der Waals surface area contributed by atoms with Gasteiger partial charge in [0.1, 0.15) is 5.82 Å². The van der Waals surface area contributed by atoms with Crippen LogP contribution in [-0.4, -0.2) is 56.1 Å². The second-order valence-corrected chi connectivity index (χ2v) is 5.18. The molecule has 5 nitrogen and oxygen atoms in total. The van der Waals surface area contributed by atoms with Crippen LogP contribution in [0.25, 0.3) is 0 Å². The standard InChI is InChI=1S/C14H22N4O/c1-15-12-5-4-8-18(10-12)14(19)11-6-7-13(16-9-11)17(2)3/h6-7,9,12,15H,4-5,8,10H2,1-3H3/t12-/m0/s1. The van der Waals surface area contributed by atoms with Crippen LogP contribution in [0.2, 0.25) is 0 Å². The van der Waals surface area contributed by atoms with Crippen LogP contribution in [0.1, 0.15) is 23.2 Å². The number of amides is 1. The Hall–Kier alpha value is -1.62. The minimum atomic E-state index is 0.0813. The molecule has 0 aliphatic carbocycles. The van der Waals surface area contributed by atoms with E-state index in [-0.39, 0.29) is 5.91 Å². The van der Waals surface area contributed by atoms with Crippen molar-refractivity contribution in [3.8, 4) is 0 Å². The molecule has 2 heterocycles. The van der Waals surface area contributed by atoms with E-state index in [4.69, 9.17) is 0 Å². The van der Waals surface area contributed by atoms with Crippen LogP contribution in [0.3, 0.4) is 0 Å². The lowest BCUT2D eigenvalue weighted by atomic mass is 10.1. The number of anilines is 1. The Morgan fingerprint density at radius 1 is 1.47 bits per heavy atom. The Bertz CT molecular complexity index is 430. The number of piperidine rings is 1. The zero-order valence-corrected chi connectivity index (χ0v) is 11.9. The van der Waals surface area contributed by atoms with Gasteiger partial charge in [-0.3, -0.25) is 4.79 Å². The molecule has 1 amide bonds. The van der Waals surface area contributed by atoms with Gasteiger partial charge in [0.2, 0.25) is 0 Å². The van der Waals surface area contributed by atoms with Crippen molar-refractivity contribution in [2.75, 3.05) is 39.1 Å². The molecule has 19 heavy (non-hydrogen) atoms. The third-order valence-electron chi connectivity index (χ3n) is 3.57. The predicted octanol–water partition coefficient (Wildman–Crippen LogP) is 0.972. The highest BCUT2D eigenvalue weighted by atomic mass is 16.2. The average Bonchev–Trinajstić information content (AvgIpc) is 2.46. The van der Waals surface area contributed by atoms with E-state index < -0.39 is 0 Å². The summed E-state index contributed by atoms with van der Waals surface area (Å²) in [7, 11) is 5.82. The lowest BCUT2D eigenvalue weighted by Gasteiger charge is -2.32. The Balaban J connectivity index is 2.06. The van der Waals surface area contributed by atoms with Gasteiger partial charge in [0, 0.05) is 39.4 Å². The average molecular weight is 262 g/mol. The van der Waals surface area contributed by atoms with Gasteiger partial charge in [-0.1, -0.05) is 0 Å². The van der Waals surface area contributed by atoms with Crippen LogP contribution in [0.4, 0.5) is 5.82 Å². The van der Waals surface area contributed by atoms with E-state index >= 15 is 0 Å².